The summed E-state index contributed by atoms with van der Waals surface area (Å²) in [6.07, 6.45) is 0.425. The quantitative estimate of drug-likeness (QED) is 0.823. The lowest BCUT2D eigenvalue weighted by Gasteiger charge is -2.21. The van der Waals surface area contributed by atoms with Crippen molar-refractivity contribution in [1.29, 1.82) is 0 Å². The molecule has 0 fully saturated rings. The summed E-state index contributed by atoms with van der Waals surface area (Å²) in [7, 11) is 0. The lowest BCUT2D eigenvalue weighted by molar-refractivity contribution is 0.125. The van der Waals surface area contributed by atoms with Crippen molar-refractivity contribution in [2.45, 2.75) is 33.3 Å². The van der Waals surface area contributed by atoms with Crippen LogP contribution in [0.2, 0.25) is 0 Å². The Balaban J connectivity index is 2.75. The molecule has 1 N–H and O–H groups in total. The minimum absolute atomic E-state index is 0.155. The van der Waals surface area contributed by atoms with E-state index in [1.165, 1.54) is 0 Å². The zero-order chi connectivity index (χ0) is 10.9. The fourth-order valence-corrected chi connectivity index (χ4v) is 3.28. The summed E-state index contributed by atoms with van der Waals surface area (Å²) in [5.74, 6) is 0. The SMILES string of the molecule is CC(C)(C)CC(O)c1cc(Br)c(Br)s1. The van der Waals surface area contributed by atoms with Gasteiger partial charge in [0.15, 0.2) is 0 Å². The molecule has 1 aromatic heterocycles. The van der Waals surface area contributed by atoms with Crippen LogP contribution in [0.1, 0.15) is 38.2 Å². The van der Waals surface area contributed by atoms with Crippen LogP contribution < -0.4 is 0 Å². The van der Waals surface area contributed by atoms with Gasteiger partial charge in [-0.05, 0) is 49.8 Å². The molecule has 0 bridgehead atoms. The first-order valence-corrected chi connectivity index (χ1v) is 6.82. The fourth-order valence-electron chi connectivity index (χ4n) is 1.21. The van der Waals surface area contributed by atoms with Crippen LogP contribution in [0.4, 0.5) is 0 Å². The van der Waals surface area contributed by atoms with Crippen molar-refractivity contribution in [1.82, 2.24) is 0 Å². The van der Waals surface area contributed by atoms with Gasteiger partial charge in [0, 0.05) is 9.35 Å². The summed E-state index contributed by atoms with van der Waals surface area (Å²) in [5.41, 5.74) is 0.155. The van der Waals surface area contributed by atoms with Crippen molar-refractivity contribution in [2.24, 2.45) is 5.41 Å². The van der Waals surface area contributed by atoms with E-state index < -0.39 is 0 Å². The number of rotatable bonds is 2. The first-order chi connectivity index (χ1) is 6.29. The Kier molecular flexibility index (Phi) is 4.21. The van der Waals surface area contributed by atoms with Gasteiger partial charge in [-0.25, -0.2) is 0 Å². The summed E-state index contributed by atoms with van der Waals surface area (Å²) in [6.45, 7) is 6.40. The summed E-state index contributed by atoms with van der Waals surface area (Å²) in [4.78, 5) is 1.01. The number of aliphatic hydroxyl groups excluding tert-OH is 1. The maximum absolute atomic E-state index is 9.96. The first-order valence-electron chi connectivity index (χ1n) is 4.42. The zero-order valence-corrected chi connectivity index (χ0v) is 12.5. The third-order valence-corrected chi connectivity index (χ3v) is 5.16. The Morgan fingerprint density at radius 1 is 1.43 bits per heavy atom. The van der Waals surface area contributed by atoms with E-state index in [-0.39, 0.29) is 11.5 Å². The van der Waals surface area contributed by atoms with Gasteiger partial charge in [-0.3, -0.25) is 0 Å². The van der Waals surface area contributed by atoms with Crippen LogP contribution in [0, 0.1) is 5.41 Å². The minimum Gasteiger partial charge on any atom is -0.388 e. The lowest BCUT2D eigenvalue weighted by atomic mass is 9.89. The van der Waals surface area contributed by atoms with Gasteiger partial charge in [-0.15, -0.1) is 11.3 Å². The number of halogens is 2. The molecule has 80 valence electrons. The molecule has 0 spiro atoms. The second kappa shape index (κ2) is 4.64. The summed E-state index contributed by atoms with van der Waals surface area (Å²) < 4.78 is 2.06. The molecule has 1 nitrogen and oxygen atoms in total. The van der Waals surface area contributed by atoms with Gasteiger partial charge in [-0.1, -0.05) is 20.8 Å². The Bertz CT molecular complexity index is 295. The van der Waals surface area contributed by atoms with Gasteiger partial charge < -0.3 is 5.11 Å². The Morgan fingerprint density at radius 3 is 2.36 bits per heavy atom. The largest absolute Gasteiger partial charge is 0.388 e. The highest BCUT2D eigenvalue weighted by Crippen LogP contribution is 2.38. The molecular weight excluding hydrogens is 328 g/mol. The second-order valence-corrected chi connectivity index (χ2v) is 7.81. The van der Waals surface area contributed by atoms with Crippen LogP contribution in [-0.2, 0) is 0 Å². The molecule has 0 aromatic carbocycles. The average Bonchev–Trinajstić information content (AvgIpc) is 2.28. The van der Waals surface area contributed by atoms with E-state index in [4.69, 9.17) is 0 Å². The van der Waals surface area contributed by atoms with Crippen molar-refractivity contribution in [3.05, 3.63) is 19.2 Å². The number of thiophene rings is 1. The minimum atomic E-state index is -0.359. The molecule has 0 saturated heterocycles. The highest BCUT2D eigenvalue weighted by atomic mass is 79.9. The molecule has 14 heavy (non-hydrogen) atoms. The van der Waals surface area contributed by atoms with Gasteiger partial charge in [0.25, 0.3) is 0 Å². The molecule has 0 radical (unpaired) electrons. The molecule has 0 aliphatic heterocycles. The molecule has 1 aromatic rings. The smallest absolute Gasteiger partial charge is 0.0887 e. The Labute approximate surface area is 106 Å². The van der Waals surface area contributed by atoms with Gasteiger partial charge >= 0.3 is 0 Å². The van der Waals surface area contributed by atoms with Crippen LogP contribution in [0.25, 0.3) is 0 Å². The summed E-state index contributed by atoms with van der Waals surface area (Å²) in [5, 5.41) is 9.96. The summed E-state index contributed by atoms with van der Waals surface area (Å²) in [6, 6.07) is 1.98. The standard InChI is InChI=1S/C10H14Br2OS/c1-10(2,3)5-7(13)8-4-6(11)9(12)14-8/h4,7,13H,5H2,1-3H3. The van der Waals surface area contributed by atoms with Gasteiger partial charge in [0.2, 0.25) is 0 Å². The van der Waals surface area contributed by atoms with E-state index in [9.17, 15) is 5.11 Å². The third kappa shape index (κ3) is 3.65. The van der Waals surface area contributed by atoms with Gasteiger partial charge in [0.05, 0.1) is 9.89 Å². The van der Waals surface area contributed by atoms with Crippen molar-refractivity contribution in [3.8, 4) is 0 Å². The molecular formula is C10H14Br2OS. The van der Waals surface area contributed by atoms with E-state index in [0.717, 1.165) is 19.6 Å². The van der Waals surface area contributed by atoms with E-state index in [1.54, 1.807) is 11.3 Å². The number of aliphatic hydroxyl groups is 1. The van der Waals surface area contributed by atoms with E-state index in [0.29, 0.717) is 0 Å². The van der Waals surface area contributed by atoms with Crippen molar-refractivity contribution in [2.75, 3.05) is 0 Å². The predicted molar refractivity (Wildman–Crippen MR) is 68.8 cm³/mol. The normalized spacial score (nSPS) is 14.4. The molecule has 0 aliphatic rings. The molecule has 0 amide bonds. The lowest BCUT2D eigenvalue weighted by Crippen LogP contribution is -2.10. The molecule has 1 unspecified atom stereocenters. The van der Waals surface area contributed by atoms with Crippen LogP contribution in [-0.4, -0.2) is 5.11 Å². The predicted octanol–water partition coefficient (Wildman–Crippen LogP) is 4.74. The fraction of sp³-hybridized carbons (Fsp3) is 0.600. The highest BCUT2D eigenvalue weighted by Gasteiger charge is 2.20. The molecule has 1 rings (SSSR count). The van der Waals surface area contributed by atoms with Crippen LogP contribution in [0.5, 0.6) is 0 Å². The molecule has 1 heterocycles. The zero-order valence-electron chi connectivity index (χ0n) is 8.47. The maximum Gasteiger partial charge on any atom is 0.0887 e. The third-order valence-electron chi connectivity index (χ3n) is 1.80. The van der Waals surface area contributed by atoms with E-state index in [1.807, 2.05) is 6.07 Å². The molecule has 4 heteroatoms. The number of hydrogen-bond donors (Lipinski definition) is 1. The van der Waals surface area contributed by atoms with Gasteiger partial charge in [0.1, 0.15) is 0 Å². The molecule has 0 saturated carbocycles. The Morgan fingerprint density at radius 2 is 2.00 bits per heavy atom. The first kappa shape index (κ1) is 12.7. The van der Waals surface area contributed by atoms with Crippen molar-refractivity contribution >= 4 is 43.2 Å². The van der Waals surface area contributed by atoms with Crippen molar-refractivity contribution in [3.63, 3.8) is 0 Å². The van der Waals surface area contributed by atoms with Gasteiger partial charge in [-0.2, -0.15) is 0 Å². The monoisotopic (exact) mass is 340 g/mol. The van der Waals surface area contributed by atoms with Crippen molar-refractivity contribution < 1.29 is 5.11 Å². The summed E-state index contributed by atoms with van der Waals surface area (Å²) >= 11 is 8.42. The number of hydrogen-bond acceptors (Lipinski definition) is 2. The Hall–Kier alpha value is 0.620. The second-order valence-electron chi connectivity index (χ2n) is 4.55. The molecule has 1 atom stereocenters. The topological polar surface area (TPSA) is 20.2 Å². The van der Waals surface area contributed by atoms with Crippen LogP contribution >= 0.6 is 43.2 Å². The maximum atomic E-state index is 9.96. The van der Waals surface area contributed by atoms with E-state index >= 15 is 0 Å². The average molecular weight is 342 g/mol. The van der Waals surface area contributed by atoms with Crippen LogP contribution in [0.3, 0.4) is 0 Å². The van der Waals surface area contributed by atoms with Crippen LogP contribution in [0.15, 0.2) is 14.3 Å². The van der Waals surface area contributed by atoms with E-state index in [2.05, 4.69) is 52.6 Å². The molecule has 0 aliphatic carbocycles. The highest BCUT2D eigenvalue weighted by molar-refractivity contribution is 9.13.